The zero-order valence-corrected chi connectivity index (χ0v) is 15.4. The van der Waals surface area contributed by atoms with Gasteiger partial charge in [-0.1, -0.05) is 30.3 Å². The Balaban J connectivity index is 1.56. The maximum absolute atomic E-state index is 12.6. The molecule has 1 atom stereocenters. The number of rotatable bonds is 6. The lowest BCUT2D eigenvalue weighted by Gasteiger charge is -2.29. The fourth-order valence-corrected chi connectivity index (χ4v) is 3.52. The minimum absolute atomic E-state index is 0.0145. The number of hydrogen-bond acceptors (Lipinski definition) is 4. The van der Waals surface area contributed by atoms with Gasteiger partial charge in [0.2, 0.25) is 0 Å². The fourth-order valence-electron chi connectivity index (χ4n) is 3.52. The average molecular weight is 354 g/mol. The largest absolute Gasteiger partial charge is 0.497 e. The van der Waals surface area contributed by atoms with E-state index >= 15 is 0 Å². The molecule has 2 aromatic rings. The lowest BCUT2D eigenvalue weighted by molar-refractivity contribution is 0.0164. The van der Waals surface area contributed by atoms with Crippen LogP contribution >= 0.6 is 0 Å². The number of likely N-dealkylation sites (tertiary alicyclic amines) is 1. The first kappa shape index (κ1) is 18.4. The second kappa shape index (κ2) is 7.89. The van der Waals surface area contributed by atoms with E-state index in [4.69, 9.17) is 4.74 Å². The number of methoxy groups -OCH3 is 1. The molecule has 1 fully saturated rings. The van der Waals surface area contributed by atoms with Crippen molar-refractivity contribution in [3.05, 3.63) is 65.7 Å². The van der Waals surface area contributed by atoms with E-state index in [1.807, 2.05) is 61.6 Å². The van der Waals surface area contributed by atoms with Crippen molar-refractivity contribution < 1.29 is 14.6 Å². The van der Waals surface area contributed by atoms with Crippen LogP contribution in [-0.4, -0.2) is 60.2 Å². The third-order valence-electron chi connectivity index (χ3n) is 4.82. The highest BCUT2D eigenvalue weighted by molar-refractivity contribution is 5.94. The van der Waals surface area contributed by atoms with Gasteiger partial charge in [0.05, 0.1) is 19.3 Å². The standard InChI is InChI=1S/C21H26N2O3/c1-22(14-17-8-10-19(26-2)11-9-17)15-21(25)12-13-23(16-21)20(24)18-6-4-3-5-7-18/h3-11,25H,12-16H2,1-2H3. The summed E-state index contributed by atoms with van der Waals surface area (Å²) in [6.07, 6.45) is 0.596. The number of benzene rings is 2. The highest BCUT2D eigenvalue weighted by Gasteiger charge is 2.39. The molecule has 0 spiro atoms. The van der Waals surface area contributed by atoms with E-state index in [-0.39, 0.29) is 5.91 Å². The molecule has 26 heavy (non-hydrogen) atoms. The van der Waals surface area contributed by atoms with Crippen molar-refractivity contribution in [1.82, 2.24) is 9.80 Å². The zero-order valence-electron chi connectivity index (χ0n) is 15.4. The molecule has 138 valence electrons. The van der Waals surface area contributed by atoms with Crippen molar-refractivity contribution in [3.8, 4) is 5.75 Å². The van der Waals surface area contributed by atoms with Crippen LogP contribution in [-0.2, 0) is 6.54 Å². The maximum Gasteiger partial charge on any atom is 0.253 e. The Labute approximate surface area is 154 Å². The van der Waals surface area contributed by atoms with Gasteiger partial charge in [0.15, 0.2) is 0 Å². The van der Waals surface area contributed by atoms with Crippen LogP contribution in [0.2, 0.25) is 0 Å². The smallest absolute Gasteiger partial charge is 0.253 e. The molecule has 1 aliphatic heterocycles. The number of amides is 1. The predicted molar refractivity (Wildman–Crippen MR) is 101 cm³/mol. The molecule has 1 saturated heterocycles. The normalized spacial score (nSPS) is 19.8. The fraction of sp³-hybridized carbons (Fsp3) is 0.381. The van der Waals surface area contributed by atoms with Crippen LogP contribution in [0.15, 0.2) is 54.6 Å². The molecule has 0 radical (unpaired) electrons. The van der Waals surface area contributed by atoms with Gasteiger partial charge in [0.25, 0.3) is 5.91 Å². The summed E-state index contributed by atoms with van der Waals surface area (Å²) in [4.78, 5) is 16.4. The Kier molecular flexibility index (Phi) is 5.59. The van der Waals surface area contributed by atoms with E-state index in [9.17, 15) is 9.90 Å². The van der Waals surface area contributed by atoms with Gasteiger partial charge in [-0.3, -0.25) is 9.69 Å². The van der Waals surface area contributed by atoms with Gasteiger partial charge in [-0.15, -0.1) is 0 Å². The molecule has 1 N–H and O–H groups in total. The molecule has 0 saturated carbocycles. The topological polar surface area (TPSA) is 53.0 Å². The Morgan fingerprint density at radius 1 is 1.19 bits per heavy atom. The molecule has 0 aromatic heterocycles. The van der Waals surface area contributed by atoms with Crippen molar-refractivity contribution in [2.45, 2.75) is 18.6 Å². The summed E-state index contributed by atoms with van der Waals surface area (Å²) < 4.78 is 5.18. The van der Waals surface area contributed by atoms with Crippen molar-refractivity contribution in [1.29, 1.82) is 0 Å². The quantitative estimate of drug-likeness (QED) is 0.866. The lowest BCUT2D eigenvalue weighted by Crippen LogP contribution is -2.44. The summed E-state index contributed by atoms with van der Waals surface area (Å²) in [7, 11) is 3.64. The van der Waals surface area contributed by atoms with Crippen molar-refractivity contribution >= 4 is 5.91 Å². The highest BCUT2D eigenvalue weighted by atomic mass is 16.5. The summed E-state index contributed by atoms with van der Waals surface area (Å²) in [6.45, 7) is 2.21. The molecule has 2 aromatic carbocycles. The molecule has 0 aliphatic carbocycles. The number of β-amino-alcohol motifs (C(OH)–C–C–N with tert-alkyl or cyclic N) is 1. The monoisotopic (exact) mass is 354 g/mol. The summed E-state index contributed by atoms with van der Waals surface area (Å²) in [6, 6.07) is 17.2. The number of carbonyl (C=O) groups excluding carboxylic acids is 1. The van der Waals surface area contributed by atoms with Crippen molar-refractivity contribution in [3.63, 3.8) is 0 Å². The first-order valence-electron chi connectivity index (χ1n) is 8.87. The minimum Gasteiger partial charge on any atom is -0.497 e. The molecular formula is C21H26N2O3. The van der Waals surface area contributed by atoms with E-state index in [1.54, 1.807) is 12.0 Å². The van der Waals surface area contributed by atoms with Gasteiger partial charge in [-0.05, 0) is 43.3 Å². The van der Waals surface area contributed by atoms with Crippen molar-refractivity contribution in [2.24, 2.45) is 0 Å². The van der Waals surface area contributed by atoms with E-state index in [1.165, 1.54) is 0 Å². The first-order valence-corrected chi connectivity index (χ1v) is 8.87. The maximum atomic E-state index is 12.6. The van der Waals surface area contributed by atoms with Crippen LogP contribution in [0.3, 0.4) is 0 Å². The summed E-state index contributed by atoms with van der Waals surface area (Å²) in [5.74, 6) is 0.820. The number of nitrogens with zero attached hydrogens (tertiary/aromatic N) is 2. The molecule has 1 amide bonds. The van der Waals surface area contributed by atoms with E-state index in [2.05, 4.69) is 4.90 Å². The van der Waals surface area contributed by atoms with E-state index in [0.717, 1.165) is 17.9 Å². The number of ether oxygens (including phenoxy) is 1. The van der Waals surface area contributed by atoms with Gasteiger partial charge in [-0.2, -0.15) is 0 Å². The lowest BCUT2D eigenvalue weighted by atomic mass is 10.0. The number of aliphatic hydroxyl groups is 1. The summed E-state index contributed by atoms with van der Waals surface area (Å²) >= 11 is 0. The van der Waals surface area contributed by atoms with Gasteiger partial charge >= 0.3 is 0 Å². The second-order valence-electron chi connectivity index (χ2n) is 7.09. The molecule has 3 rings (SSSR count). The first-order chi connectivity index (χ1) is 12.5. The van der Waals surface area contributed by atoms with Gasteiger partial charge in [0.1, 0.15) is 5.75 Å². The third kappa shape index (κ3) is 4.42. The van der Waals surface area contributed by atoms with Crippen molar-refractivity contribution in [2.75, 3.05) is 33.8 Å². The number of carbonyl (C=O) groups is 1. The molecule has 0 bridgehead atoms. The molecule has 5 nitrogen and oxygen atoms in total. The second-order valence-corrected chi connectivity index (χ2v) is 7.09. The SMILES string of the molecule is COc1ccc(CN(C)CC2(O)CCN(C(=O)c3ccccc3)C2)cc1. The minimum atomic E-state index is -0.869. The zero-order chi connectivity index (χ0) is 18.6. The third-order valence-corrected chi connectivity index (χ3v) is 4.82. The van der Waals surface area contributed by atoms with Gasteiger partial charge in [0, 0.05) is 25.2 Å². The van der Waals surface area contributed by atoms with Crippen LogP contribution in [0.1, 0.15) is 22.3 Å². The molecule has 1 unspecified atom stereocenters. The number of hydrogen-bond donors (Lipinski definition) is 1. The van der Waals surface area contributed by atoms with Crippen LogP contribution in [0.25, 0.3) is 0 Å². The van der Waals surface area contributed by atoms with Crippen LogP contribution in [0, 0.1) is 0 Å². The Hall–Kier alpha value is -2.37. The van der Waals surface area contributed by atoms with E-state index in [0.29, 0.717) is 31.6 Å². The van der Waals surface area contributed by atoms with Crippen LogP contribution in [0.5, 0.6) is 5.75 Å². The Morgan fingerprint density at radius 3 is 2.54 bits per heavy atom. The predicted octanol–water partition coefficient (Wildman–Crippen LogP) is 2.40. The molecule has 1 aliphatic rings. The average Bonchev–Trinajstić information content (AvgIpc) is 3.04. The van der Waals surface area contributed by atoms with E-state index < -0.39 is 5.60 Å². The summed E-state index contributed by atoms with van der Waals surface area (Å²) in [5.41, 5.74) is 0.960. The van der Waals surface area contributed by atoms with Crippen LogP contribution < -0.4 is 4.74 Å². The molecular weight excluding hydrogens is 328 g/mol. The van der Waals surface area contributed by atoms with Gasteiger partial charge in [-0.25, -0.2) is 0 Å². The Morgan fingerprint density at radius 2 is 1.88 bits per heavy atom. The highest BCUT2D eigenvalue weighted by Crippen LogP contribution is 2.24. The van der Waals surface area contributed by atoms with Crippen LogP contribution in [0.4, 0.5) is 0 Å². The molecule has 1 heterocycles. The summed E-state index contributed by atoms with van der Waals surface area (Å²) in [5, 5.41) is 10.9. The number of likely N-dealkylation sites (N-methyl/N-ethyl adjacent to an activating group) is 1. The van der Waals surface area contributed by atoms with Gasteiger partial charge < -0.3 is 14.7 Å². The molecule has 5 heteroatoms. The Bertz CT molecular complexity index is 733.